The van der Waals surface area contributed by atoms with E-state index in [9.17, 15) is 0 Å². The number of nitrogens with one attached hydrogen (secondary N) is 1. The van der Waals surface area contributed by atoms with Crippen LogP contribution in [0.25, 0.3) is 0 Å². The third kappa shape index (κ3) is 8.75. The molecule has 0 bridgehead atoms. The Balaban J connectivity index is 0.00000168. The summed E-state index contributed by atoms with van der Waals surface area (Å²) < 4.78 is 0. The Labute approximate surface area is 210 Å². The van der Waals surface area contributed by atoms with E-state index in [1.165, 1.54) is 39.0 Å². The average molecular weight is 466 g/mol. The van der Waals surface area contributed by atoms with Crippen molar-refractivity contribution in [3.8, 4) is 0 Å². The molecular formula is C30H49N4+. The maximum atomic E-state index is 2.21. The molecule has 34 heavy (non-hydrogen) atoms. The summed E-state index contributed by atoms with van der Waals surface area (Å²) in [6.45, 7) is 12.0. The summed E-state index contributed by atoms with van der Waals surface area (Å²) in [5.41, 5.74) is 7.28. The van der Waals surface area contributed by atoms with Crippen LogP contribution >= 0.6 is 0 Å². The highest BCUT2D eigenvalue weighted by molar-refractivity contribution is 5.57. The van der Waals surface area contributed by atoms with Crippen LogP contribution < -0.4 is 19.6 Å². The van der Waals surface area contributed by atoms with Gasteiger partial charge in [0.05, 0.1) is 0 Å². The standard InChI is InChI=1S/C24H30N4.3C2H6/c1-25(2)19-7-13-22(14-8-19)28(23-15-9-20(10-16-23)26(3)4)24-17-11-21(12-18-24)27(5)6;3*1-2/h7-18H,1-6H3;3*1-2H3/p+1. The molecule has 0 atom stereocenters. The predicted molar refractivity (Wildman–Crippen MR) is 156 cm³/mol. The molecule has 3 aromatic carbocycles. The zero-order valence-electron chi connectivity index (χ0n) is 23.8. The topological polar surface area (TPSA) is 14.2 Å². The van der Waals surface area contributed by atoms with Gasteiger partial charge in [0.2, 0.25) is 0 Å². The van der Waals surface area contributed by atoms with E-state index in [1.54, 1.807) is 0 Å². The molecule has 4 nitrogen and oxygen atoms in total. The van der Waals surface area contributed by atoms with Crippen LogP contribution in [0.15, 0.2) is 72.8 Å². The number of benzene rings is 3. The fraction of sp³-hybridized carbons (Fsp3) is 0.400. The molecule has 4 heteroatoms. The molecule has 3 aromatic rings. The molecule has 0 heterocycles. The second kappa shape index (κ2) is 16.6. The zero-order chi connectivity index (χ0) is 26.3. The molecule has 0 saturated heterocycles. The highest BCUT2D eigenvalue weighted by Gasteiger charge is 2.19. The number of quaternary nitrogens is 1. The van der Waals surface area contributed by atoms with Crippen molar-refractivity contribution in [3.05, 3.63) is 72.8 Å². The van der Waals surface area contributed by atoms with E-state index in [0.29, 0.717) is 0 Å². The minimum atomic E-state index is 1.20. The number of nitrogens with zero attached hydrogens (tertiary/aromatic N) is 3. The molecular weight excluding hydrogens is 416 g/mol. The Morgan fingerprint density at radius 2 is 0.529 bits per heavy atom. The fourth-order valence-electron chi connectivity index (χ4n) is 3.28. The summed E-state index contributed by atoms with van der Waals surface area (Å²) >= 11 is 0. The van der Waals surface area contributed by atoms with Gasteiger partial charge in [0.1, 0.15) is 17.1 Å². The first kappa shape index (κ1) is 31.0. The van der Waals surface area contributed by atoms with E-state index in [0.717, 1.165) is 0 Å². The smallest absolute Gasteiger partial charge is 0.141 e. The highest BCUT2D eigenvalue weighted by Crippen LogP contribution is 2.22. The minimum Gasteiger partial charge on any atom is -0.378 e. The molecule has 1 N–H and O–H groups in total. The quantitative estimate of drug-likeness (QED) is 0.416. The van der Waals surface area contributed by atoms with Crippen molar-refractivity contribution >= 4 is 34.1 Å². The van der Waals surface area contributed by atoms with Crippen molar-refractivity contribution in [1.29, 1.82) is 0 Å². The molecule has 3 rings (SSSR count). The van der Waals surface area contributed by atoms with Gasteiger partial charge >= 0.3 is 0 Å². The van der Waals surface area contributed by atoms with Crippen molar-refractivity contribution in [2.24, 2.45) is 0 Å². The molecule has 0 radical (unpaired) electrons. The van der Waals surface area contributed by atoms with Gasteiger partial charge in [-0.2, -0.15) is 0 Å². The Bertz CT molecular complexity index is 758. The number of rotatable bonds is 6. The van der Waals surface area contributed by atoms with Gasteiger partial charge in [-0.15, -0.1) is 0 Å². The summed E-state index contributed by atoms with van der Waals surface area (Å²) in [6.07, 6.45) is 0. The Morgan fingerprint density at radius 1 is 0.353 bits per heavy atom. The first-order chi connectivity index (χ1) is 16.4. The van der Waals surface area contributed by atoms with E-state index < -0.39 is 0 Å². The third-order valence-corrected chi connectivity index (χ3v) is 5.02. The first-order valence-electron chi connectivity index (χ1n) is 12.6. The molecule has 0 aliphatic carbocycles. The van der Waals surface area contributed by atoms with Gasteiger partial charge in [-0.25, -0.2) is 4.90 Å². The van der Waals surface area contributed by atoms with E-state index >= 15 is 0 Å². The number of hydrogen-bond donors (Lipinski definition) is 1. The Kier molecular flexibility index (Phi) is 15.1. The average Bonchev–Trinajstić information content (AvgIpc) is 2.89. The van der Waals surface area contributed by atoms with Crippen molar-refractivity contribution in [3.63, 3.8) is 0 Å². The van der Waals surface area contributed by atoms with Crippen LogP contribution in [-0.2, 0) is 0 Å². The van der Waals surface area contributed by atoms with Crippen LogP contribution in [0.1, 0.15) is 41.5 Å². The van der Waals surface area contributed by atoms with Gasteiger partial charge in [0.25, 0.3) is 0 Å². The van der Waals surface area contributed by atoms with E-state index in [4.69, 9.17) is 0 Å². The maximum Gasteiger partial charge on any atom is 0.141 e. The summed E-state index contributed by atoms with van der Waals surface area (Å²) in [4.78, 5) is 7.63. The van der Waals surface area contributed by atoms with Gasteiger partial charge in [-0.3, -0.25) is 0 Å². The fourth-order valence-corrected chi connectivity index (χ4v) is 3.28. The first-order valence-corrected chi connectivity index (χ1v) is 12.6. The molecule has 0 aliphatic rings. The SMILES string of the molecule is CC.CC.CC.CN(C)c1ccc([NH+](c2ccc(N(C)C)cc2)c2ccc(N(C)C)cc2)cc1. The van der Waals surface area contributed by atoms with Gasteiger partial charge in [-0.1, -0.05) is 41.5 Å². The van der Waals surface area contributed by atoms with Gasteiger partial charge in [0, 0.05) is 95.7 Å². The predicted octanol–water partition coefficient (Wildman–Crippen LogP) is 7.14. The van der Waals surface area contributed by atoms with Gasteiger partial charge in [-0.05, 0) is 36.4 Å². The molecule has 0 amide bonds. The highest BCUT2D eigenvalue weighted by atomic mass is 15.1. The zero-order valence-corrected chi connectivity index (χ0v) is 23.8. The summed E-state index contributed by atoms with van der Waals surface area (Å²) in [5, 5.41) is 0. The number of anilines is 3. The van der Waals surface area contributed by atoms with Crippen LogP contribution in [0.5, 0.6) is 0 Å². The lowest BCUT2D eigenvalue weighted by molar-refractivity contribution is -0.681. The molecule has 0 unspecified atom stereocenters. The number of hydrogen-bond acceptors (Lipinski definition) is 3. The van der Waals surface area contributed by atoms with Crippen LogP contribution in [-0.4, -0.2) is 42.3 Å². The van der Waals surface area contributed by atoms with Crippen LogP contribution in [0.4, 0.5) is 34.1 Å². The Morgan fingerprint density at radius 3 is 0.676 bits per heavy atom. The van der Waals surface area contributed by atoms with Crippen LogP contribution in [0, 0.1) is 0 Å². The molecule has 0 fully saturated rings. The molecule has 0 spiro atoms. The van der Waals surface area contributed by atoms with E-state index in [-0.39, 0.29) is 0 Å². The molecule has 0 saturated carbocycles. The lowest BCUT2D eigenvalue weighted by Crippen LogP contribution is -2.96. The van der Waals surface area contributed by atoms with Crippen LogP contribution in [0.3, 0.4) is 0 Å². The van der Waals surface area contributed by atoms with Crippen LogP contribution in [0.2, 0.25) is 0 Å². The third-order valence-electron chi connectivity index (χ3n) is 5.02. The van der Waals surface area contributed by atoms with Crippen molar-refractivity contribution in [2.75, 3.05) is 57.0 Å². The normalized spacial score (nSPS) is 9.44. The lowest BCUT2D eigenvalue weighted by Gasteiger charge is -2.21. The molecule has 0 aromatic heterocycles. The lowest BCUT2D eigenvalue weighted by atomic mass is 10.1. The monoisotopic (exact) mass is 465 g/mol. The second-order valence-corrected chi connectivity index (χ2v) is 7.70. The molecule has 0 aliphatic heterocycles. The van der Waals surface area contributed by atoms with Crippen molar-refractivity contribution in [2.45, 2.75) is 41.5 Å². The largest absolute Gasteiger partial charge is 0.378 e. The summed E-state index contributed by atoms with van der Waals surface area (Å²) in [7, 11) is 12.4. The second-order valence-electron chi connectivity index (χ2n) is 7.70. The minimum absolute atomic E-state index is 1.20. The van der Waals surface area contributed by atoms with Gasteiger partial charge in [0.15, 0.2) is 0 Å². The maximum absolute atomic E-state index is 2.21. The van der Waals surface area contributed by atoms with Crippen molar-refractivity contribution in [1.82, 2.24) is 0 Å². The van der Waals surface area contributed by atoms with E-state index in [2.05, 4.69) is 130 Å². The summed E-state index contributed by atoms with van der Waals surface area (Å²) in [6, 6.07) is 26.3. The Hall–Kier alpha value is -2.98. The molecule has 188 valence electrons. The van der Waals surface area contributed by atoms with Crippen molar-refractivity contribution < 1.29 is 4.90 Å². The van der Waals surface area contributed by atoms with Gasteiger partial charge < -0.3 is 14.7 Å². The summed E-state index contributed by atoms with van der Waals surface area (Å²) in [5.74, 6) is 0. The van der Waals surface area contributed by atoms with E-state index in [1.807, 2.05) is 41.5 Å².